The minimum atomic E-state index is -0.196. The summed E-state index contributed by atoms with van der Waals surface area (Å²) in [5, 5.41) is 4.68. The Bertz CT molecular complexity index is 624. The second kappa shape index (κ2) is 6.23. The lowest BCUT2D eigenvalue weighted by Crippen LogP contribution is -2.24. The van der Waals surface area contributed by atoms with Crippen LogP contribution in [0.25, 0.3) is 0 Å². The topological polar surface area (TPSA) is 22.3 Å². The summed E-state index contributed by atoms with van der Waals surface area (Å²) in [5.41, 5.74) is 3.60. The minimum absolute atomic E-state index is 0.112. The van der Waals surface area contributed by atoms with E-state index in [-0.39, 0.29) is 11.9 Å². The molecule has 0 bridgehead atoms. The average Bonchev–Trinajstić information content (AvgIpc) is 3.12. The highest BCUT2D eigenvalue weighted by atomic mass is 19.1. The van der Waals surface area contributed by atoms with Crippen molar-refractivity contribution in [2.24, 2.45) is 7.05 Å². The van der Waals surface area contributed by atoms with Gasteiger partial charge in [0.1, 0.15) is 5.82 Å². The van der Waals surface area contributed by atoms with Gasteiger partial charge in [0.15, 0.2) is 0 Å². The summed E-state index contributed by atoms with van der Waals surface area (Å²) >= 11 is 0. The van der Waals surface area contributed by atoms with Gasteiger partial charge in [0.2, 0.25) is 0 Å². The van der Waals surface area contributed by atoms with Crippen molar-refractivity contribution < 1.29 is 4.39 Å². The van der Waals surface area contributed by atoms with Gasteiger partial charge in [-0.3, -0.25) is 4.90 Å². The fraction of sp³-hybridized carbons (Fsp3) is 0.444. The highest BCUT2D eigenvalue weighted by molar-refractivity contribution is 5.32. The maximum Gasteiger partial charge on any atom is 0.123 e. The predicted octanol–water partition coefficient (Wildman–Crippen LogP) is 3.25. The normalized spacial score (nSPS) is 19.8. The highest BCUT2D eigenvalue weighted by Gasteiger charge is 2.25. The third-order valence-corrected chi connectivity index (χ3v) is 4.51. The quantitative estimate of drug-likeness (QED) is 0.849. The maximum atomic E-state index is 13.2. The number of halogens is 1. The van der Waals surface area contributed by atoms with Crippen molar-refractivity contribution in [2.75, 3.05) is 20.6 Å². The number of hydrogen-bond donors (Lipinski definition) is 0. The first-order chi connectivity index (χ1) is 10.6. The third-order valence-electron chi connectivity index (χ3n) is 4.51. The lowest BCUT2D eigenvalue weighted by molar-refractivity contribution is 0.329. The van der Waals surface area contributed by atoms with Crippen LogP contribution in [0, 0.1) is 5.82 Å². The predicted molar refractivity (Wildman–Crippen MR) is 86.3 cm³/mol. The fourth-order valence-corrected chi connectivity index (χ4v) is 3.40. The molecule has 0 spiro atoms. The summed E-state index contributed by atoms with van der Waals surface area (Å²) in [6.45, 7) is 0.972. The molecule has 1 radical (unpaired) electrons. The van der Waals surface area contributed by atoms with E-state index in [4.69, 9.17) is 0 Å². The van der Waals surface area contributed by atoms with Crippen LogP contribution in [0.3, 0.4) is 0 Å². The van der Waals surface area contributed by atoms with E-state index in [2.05, 4.69) is 48.1 Å². The smallest absolute Gasteiger partial charge is 0.123 e. The lowest BCUT2D eigenvalue weighted by atomic mass is 10.0. The Balaban J connectivity index is 1.97. The molecule has 4 heteroatoms. The lowest BCUT2D eigenvalue weighted by Gasteiger charge is -2.26. The summed E-state index contributed by atoms with van der Waals surface area (Å²) in [5.74, 6) is -0.196. The van der Waals surface area contributed by atoms with Gasteiger partial charge in [-0.2, -0.15) is 0 Å². The molecule has 1 aromatic carbocycles. The van der Waals surface area contributed by atoms with Gasteiger partial charge in [0, 0.05) is 25.0 Å². The van der Waals surface area contributed by atoms with Gasteiger partial charge in [0.05, 0.1) is 12.1 Å². The molecule has 2 aromatic rings. The van der Waals surface area contributed by atoms with Gasteiger partial charge in [-0.1, -0.05) is 12.1 Å². The van der Waals surface area contributed by atoms with E-state index < -0.39 is 0 Å². The molecule has 1 aliphatic rings. The molecule has 1 saturated heterocycles. The molecule has 3 nitrogen and oxygen atoms in total. The Kier molecular flexibility index (Phi) is 4.32. The molecule has 3 rings (SSSR count). The van der Waals surface area contributed by atoms with Crippen LogP contribution in [0.1, 0.15) is 41.9 Å². The third kappa shape index (κ3) is 2.81. The number of rotatable bonds is 4. The van der Waals surface area contributed by atoms with Crippen LogP contribution in [-0.4, -0.2) is 30.1 Å². The SMILES string of the molecule is CN(C)C(c1ccc(F)cc1)c1ccc(C2CCC[N]2)n1C. The average molecular weight is 300 g/mol. The molecule has 2 heterocycles. The van der Waals surface area contributed by atoms with E-state index in [0.717, 1.165) is 18.5 Å². The van der Waals surface area contributed by atoms with E-state index in [1.165, 1.54) is 29.9 Å². The summed E-state index contributed by atoms with van der Waals surface area (Å²) in [6, 6.07) is 11.6. The van der Waals surface area contributed by atoms with Crippen LogP contribution in [0.4, 0.5) is 4.39 Å². The van der Waals surface area contributed by atoms with Crippen LogP contribution in [0.5, 0.6) is 0 Å². The maximum absolute atomic E-state index is 13.2. The van der Waals surface area contributed by atoms with Crippen molar-refractivity contribution in [3.63, 3.8) is 0 Å². The Labute approximate surface area is 131 Å². The van der Waals surface area contributed by atoms with Gasteiger partial charge in [-0.15, -0.1) is 0 Å². The van der Waals surface area contributed by atoms with Crippen LogP contribution < -0.4 is 5.32 Å². The molecule has 1 aromatic heterocycles. The molecule has 1 aliphatic heterocycles. The fourth-order valence-electron chi connectivity index (χ4n) is 3.40. The molecular weight excluding hydrogens is 277 g/mol. The van der Waals surface area contributed by atoms with Crippen molar-refractivity contribution in [3.05, 3.63) is 59.2 Å². The number of nitrogens with zero attached hydrogens (tertiary/aromatic N) is 3. The van der Waals surface area contributed by atoms with Crippen LogP contribution in [0.15, 0.2) is 36.4 Å². The first-order valence-electron chi connectivity index (χ1n) is 7.82. The highest BCUT2D eigenvalue weighted by Crippen LogP contribution is 2.32. The first-order valence-corrected chi connectivity index (χ1v) is 7.82. The van der Waals surface area contributed by atoms with E-state index in [0.29, 0.717) is 6.04 Å². The number of hydrogen-bond acceptors (Lipinski definition) is 1. The van der Waals surface area contributed by atoms with E-state index in [1.807, 2.05) is 12.1 Å². The Hall–Kier alpha value is -1.65. The van der Waals surface area contributed by atoms with Gasteiger partial charge >= 0.3 is 0 Å². The Morgan fingerprint density at radius 2 is 1.91 bits per heavy atom. The second-order valence-electron chi connectivity index (χ2n) is 6.22. The van der Waals surface area contributed by atoms with E-state index in [1.54, 1.807) is 0 Å². The van der Waals surface area contributed by atoms with Gasteiger partial charge in [-0.05, 0) is 56.8 Å². The van der Waals surface area contributed by atoms with E-state index in [9.17, 15) is 4.39 Å². The van der Waals surface area contributed by atoms with Crippen LogP contribution in [-0.2, 0) is 7.05 Å². The number of benzene rings is 1. The largest absolute Gasteiger partial charge is 0.348 e. The molecule has 22 heavy (non-hydrogen) atoms. The zero-order valence-electron chi connectivity index (χ0n) is 13.5. The Morgan fingerprint density at radius 3 is 2.50 bits per heavy atom. The summed E-state index contributed by atoms with van der Waals surface area (Å²) < 4.78 is 15.5. The molecule has 1 fully saturated rings. The molecule has 0 saturated carbocycles. The molecular formula is C18H23FN3. The van der Waals surface area contributed by atoms with Gasteiger partial charge in [0.25, 0.3) is 0 Å². The van der Waals surface area contributed by atoms with Gasteiger partial charge < -0.3 is 4.57 Å². The van der Waals surface area contributed by atoms with Crippen molar-refractivity contribution in [3.8, 4) is 0 Å². The van der Waals surface area contributed by atoms with E-state index >= 15 is 0 Å². The van der Waals surface area contributed by atoms with Crippen LogP contribution in [0.2, 0.25) is 0 Å². The second-order valence-corrected chi connectivity index (χ2v) is 6.22. The summed E-state index contributed by atoms with van der Waals surface area (Å²) in [6.07, 6.45) is 2.32. The van der Waals surface area contributed by atoms with Crippen molar-refractivity contribution in [2.45, 2.75) is 24.9 Å². The summed E-state index contributed by atoms with van der Waals surface area (Å²) in [7, 11) is 6.22. The standard InChI is InChI=1S/C18H23FN3/c1-21(2)18(13-6-8-14(19)9-7-13)17-11-10-16(22(17)3)15-5-4-12-20-15/h6-11,15,18H,4-5,12H2,1-3H3. The zero-order valence-corrected chi connectivity index (χ0v) is 13.5. The van der Waals surface area contributed by atoms with Crippen molar-refractivity contribution in [1.82, 2.24) is 14.8 Å². The summed E-state index contributed by atoms with van der Waals surface area (Å²) in [4.78, 5) is 2.16. The molecule has 117 valence electrons. The molecule has 0 amide bonds. The van der Waals surface area contributed by atoms with Crippen molar-refractivity contribution >= 4 is 0 Å². The molecule has 2 atom stereocenters. The van der Waals surface area contributed by atoms with Crippen molar-refractivity contribution in [1.29, 1.82) is 0 Å². The molecule has 0 aliphatic carbocycles. The minimum Gasteiger partial charge on any atom is -0.348 e. The Morgan fingerprint density at radius 1 is 1.18 bits per heavy atom. The molecule has 0 N–H and O–H groups in total. The molecule has 2 unspecified atom stereocenters. The first kappa shape index (κ1) is 15.3. The van der Waals surface area contributed by atoms with Crippen LogP contribution >= 0.6 is 0 Å². The monoisotopic (exact) mass is 300 g/mol. The zero-order chi connectivity index (χ0) is 15.7. The number of aromatic nitrogens is 1. The van der Waals surface area contributed by atoms with Gasteiger partial charge in [-0.25, -0.2) is 9.71 Å².